The zero-order chi connectivity index (χ0) is 45.4. The lowest BCUT2D eigenvalue weighted by molar-refractivity contribution is -0.336. The Hall–Kier alpha value is -1.48. The topological polar surface area (TPSA) is 152 Å². The zero-order valence-corrected chi connectivity index (χ0v) is 40.6. The molecule has 18 heteroatoms. The first-order valence-corrected chi connectivity index (χ1v) is 24.6. The molecule has 2 saturated heterocycles. The largest absolute Gasteiger partial charge is 0.462 e. The molecule has 2 aliphatic rings. The number of hydrogen-bond acceptors (Lipinski definition) is 11. The van der Waals surface area contributed by atoms with Crippen LogP contribution in [-0.4, -0.2) is 81.5 Å². The minimum Gasteiger partial charge on any atom is -0.462 e. The molecule has 2 heterocycles. The Morgan fingerprint density at radius 2 is 1.32 bits per heavy atom. The van der Waals surface area contributed by atoms with E-state index in [4.69, 9.17) is 108 Å². The fraction of sp³-hybridized carbons (Fsp3) is 0.773. The van der Waals surface area contributed by atoms with E-state index in [0.717, 1.165) is 44.9 Å². The molecule has 3 rings (SSSR count). The molecule has 2 N–H and O–H groups in total. The number of nitrogens with one attached hydrogen (secondary N) is 2. The maximum absolute atomic E-state index is 14.1. The number of amides is 1. The molecule has 0 aliphatic carbocycles. The van der Waals surface area contributed by atoms with Gasteiger partial charge in [-0.05, 0) is 19.3 Å². The third-order valence-corrected chi connectivity index (χ3v) is 11.5. The molecular formula is C44H66Cl6N2O10. The third-order valence-electron chi connectivity index (χ3n) is 10.6. The minimum absolute atomic E-state index is 0.0820. The number of unbranched alkanes of at least 4 members (excludes halogenated alkanes) is 16. The predicted molar refractivity (Wildman–Crippen MR) is 244 cm³/mol. The number of halogens is 6. The predicted octanol–water partition coefficient (Wildman–Crippen LogP) is 12.7. The summed E-state index contributed by atoms with van der Waals surface area (Å²) in [6.07, 6.45) is 12.4. The Labute approximate surface area is 398 Å². The molecule has 0 spiro atoms. The molecule has 2 fully saturated rings. The van der Waals surface area contributed by atoms with Gasteiger partial charge in [-0.2, -0.15) is 0 Å². The van der Waals surface area contributed by atoms with Crippen LogP contribution in [0.4, 0.5) is 4.79 Å². The quantitative estimate of drug-likeness (QED) is 0.0207. The number of esters is 2. The van der Waals surface area contributed by atoms with E-state index in [1.807, 2.05) is 18.2 Å². The summed E-state index contributed by atoms with van der Waals surface area (Å²) in [7, 11) is 0. The Kier molecular flexibility index (Phi) is 26.5. The molecule has 0 saturated carbocycles. The fourth-order valence-electron chi connectivity index (χ4n) is 7.35. The lowest BCUT2D eigenvalue weighted by Gasteiger charge is -2.48. The number of carbonyl (C=O) groups is 3. The van der Waals surface area contributed by atoms with Gasteiger partial charge in [0.25, 0.3) is 3.79 Å². The van der Waals surface area contributed by atoms with Crippen molar-refractivity contribution in [2.24, 2.45) is 0 Å². The van der Waals surface area contributed by atoms with Gasteiger partial charge >= 0.3 is 18.0 Å². The van der Waals surface area contributed by atoms with Crippen molar-refractivity contribution in [3.05, 3.63) is 35.9 Å². The number of alkyl carbamates (subject to hydrolysis) is 1. The van der Waals surface area contributed by atoms with Crippen LogP contribution < -0.4 is 5.32 Å². The van der Waals surface area contributed by atoms with Crippen LogP contribution >= 0.6 is 69.6 Å². The summed E-state index contributed by atoms with van der Waals surface area (Å²) in [5, 5.41) is 10.8. The van der Waals surface area contributed by atoms with Crippen LogP contribution in [0.5, 0.6) is 0 Å². The first kappa shape index (κ1) is 54.9. The SMILES string of the molecule is CCCCCCCCCCCC(=O)O[C@H](CCCCCCCCCCC)CC(=O)O[C@@H]1[C@@H](NC(=O)OCC(Cl)(Cl)Cl)[C@@H](OC(=N)C(Cl)(Cl)Cl)O[C@@H]2COC(c3ccccc3)O[C@@H]12. The van der Waals surface area contributed by atoms with Gasteiger partial charge in [0.2, 0.25) is 16.0 Å². The first-order chi connectivity index (χ1) is 29.6. The van der Waals surface area contributed by atoms with Gasteiger partial charge in [0.15, 0.2) is 12.4 Å². The van der Waals surface area contributed by atoms with E-state index < -0.39 is 75.2 Å². The number of ether oxygens (including phenoxy) is 7. The second-order valence-electron chi connectivity index (χ2n) is 16.0. The molecule has 0 bridgehead atoms. The van der Waals surface area contributed by atoms with Gasteiger partial charge in [-0.1, -0.05) is 217 Å². The summed E-state index contributed by atoms with van der Waals surface area (Å²) < 4.78 is 37.2. The van der Waals surface area contributed by atoms with Crippen LogP contribution in [0.2, 0.25) is 0 Å². The number of benzene rings is 1. The van der Waals surface area contributed by atoms with Crippen LogP contribution in [0.3, 0.4) is 0 Å². The van der Waals surface area contributed by atoms with Gasteiger partial charge in [-0.3, -0.25) is 15.0 Å². The molecule has 354 valence electrons. The van der Waals surface area contributed by atoms with Gasteiger partial charge in [-0.25, -0.2) is 4.79 Å². The summed E-state index contributed by atoms with van der Waals surface area (Å²) in [6, 6.07) is 7.61. The first-order valence-electron chi connectivity index (χ1n) is 22.3. The maximum Gasteiger partial charge on any atom is 0.407 e. The van der Waals surface area contributed by atoms with Crippen molar-refractivity contribution in [2.75, 3.05) is 13.2 Å². The van der Waals surface area contributed by atoms with E-state index >= 15 is 0 Å². The Bertz CT molecular complexity index is 1450. The van der Waals surface area contributed by atoms with Crippen LogP contribution in [0.15, 0.2) is 30.3 Å². The van der Waals surface area contributed by atoms with E-state index in [9.17, 15) is 14.4 Å². The minimum atomic E-state index is -2.33. The Morgan fingerprint density at radius 3 is 1.89 bits per heavy atom. The highest BCUT2D eigenvalue weighted by Gasteiger charge is 2.54. The van der Waals surface area contributed by atoms with Gasteiger partial charge in [-0.15, -0.1) is 0 Å². The number of rotatable bonds is 28. The molecule has 0 radical (unpaired) electrons. The second-order valence-corrected chi connectivity index (χ2v) is 20.8. The lowest BCUT2D eigenvalue weighted by atomic mass is 9.95. The van der Waals surface area contributed by atoms with E-state index in [1.165, 1.54) is 64.2 Å². The molecule has 7 atom stereocenters. The molecule has 0 aromatic heterocycles. The maximum atomic E-state index is 14.1. The average Bonchev–Trinajstić information content (AvgIpc) is 3.22. The number of carbonyl (C=O) groups excluding carboxylic acids is 3. The van der Waals surface area contributed by atoms with Crippen molar-refractivity contribution < 1.29 is 47.5 Å². The van der Waals surface area contributed by atoms with E-state index in [-0.39, 0.29) is 25.4 Å². The Morgan fingerprint density at radius 1 is 0.758 bits per heavy atom. The third kappa shape index (κ3) is 22.1. The summed E-state index contributed by atoms with van der Waals surface area (Å²) in [6.45, 7) is 3.68. The molecule has 1 unspecified atom stereocenters. The average molecular weight is 996 g/mol. The second kappa shape index (κ2) is 29.9. The van der Waals surface area contributed by atoms with Gasteiger partial charge in [0.1, 0.15) is 31.0 Å². The van der Waals surface area contributed by atoms with Crippen molar-refractivity contribution in [1.82, 2.24) is 5.32 Å². The molecule has 12 nitrogen and oxygen atoms in total. The van der Waals surface area contributed by atoms with Crippen LogP contribution in [-0.2, 0) is 42.7 Å². The summed E-state index contributed by atoms with van der Waals surface area (Å²) in [5.74, 6) is -1.98. The highest BCUT2D eigenvalue weighted by Crippen LogP contribution is 2.38. The van der Waals surface area contributed by atoms with Gasteiger partial charge in [0.05, 0.1) is 13.0 Å². The van der Waals surface area contributed by atoms with Gasteiger partial charge < -0.3 is 38.5 Å². The normalized spacial score (nSPS) is 21.9. The summed E-state index contributed by atoms with van der Waals surface area (Å²) in [5.41, 5.74) is 0.666. The van der Waals surface area contributed by atoms with Crippen molar-refractivity contribution in [1.29, 1.82) is 5.41 Å². The smallest absolute Gasteiger partial charge is 0.407 e. The standard InChI is InChI=1S/C44H66Cl6N2O10/c1-3-5-7-9-11-13-15-17-22-26-32(58-34(53)27-23-18-16-14-12-10-8-6-4-2)28-35(54)60-38-36(52-42(55)57-30-43(45,46)47)40(62-41(51)44(48,49)50)59-33-29-56-39(61-37(33)38)31-24-20-19-21-25-31/h19-21,24-25,32-33,36-40,51H,3-18,22-23,26-30H2,1-2H3,(H,52,55)/t32-,33-,36-,37-,38-,39?,40-/m1/s1. The van der Waals surface area contributed by atoms with E-state index in [2.05, 4.69) is 19.2 Å². The molecular weight excluding hydrogens is 929 g/mol. The molecule has 1 amide bonds. The number of hydrogen-bond donors (Lipinski definition) is 2. The molecule has 1 aromatic carbocycles. The summed E-state index contributed by atoms with van der Waals surface area (Å²) >= 11 is 35.4. The van der Waals surface area contributed by atoms with E-state index in [0.29, 0.717) is 18.4 Å². The highest BCUT2D eigenvalue weighted by molar-refractivity contribution is 6.76. The Balaban J connectivity index is 1.81. The van der Waals surface area contributed by atoms with Crippen molar-refractivity contribution in [3.8, 4) is 0 Å². The number of fused-ring (bicyclic) bond motifs is 1. The molecule has 1 aromatic rings. The zero-order valence-electron chi connectivity index (χ0n) is 36.0. The fourth-order valence-corrected chi connectivity index (χ4v) is 7.65. The number of alkyl halides is 6. The summed E-state index contributed by atoms with van der Waals surface area (Å²) in [4.78, 5) is 40.5. The van der Waals surface area contributed by atoms with E-state index in [1.54, 1.807) is 12.1 Å². The monoisotopic (exact) mass is 992 g/mol. The van der Waals surface area contributed by atoms with Crippen LogP contribution in [0.25, 0.3) is 0 Å². The van der Waals surface area contributed by atoms with Crippen LogP contribution in [0, 0.1) is 5.41 Å². The van der Waals surface area contributed by atoms with Crippen molar-refractivity contribution in [3.63, 3.8) is 0 Å². The molecule has 62 heavy (non-hydrogen) atoms. The molecule has 2 aliphatic heterocycles. The van der Waals surface area contributed by atoms with Crippen molar-refractivity contribution in [2.45, 2.75) is 199 Å². The van der Waals surface area contributed by atoms with Gasteiger partial charge in [0, 0.05) is 12.0 Å². The lowest BCUT2D eigenvalue weighted by Crippen LogP contribution is -2.68. The highest BCUT2D eigenvalue weighted by atomic mass is 35.6. The van der Waals surface area contributed by atoms with Crippen molar-refractivity contribution >= 4 is 93.5 Å². The van der Waals surface area contributed by atoms with Crippen LogP contribution in [0.1, 0.15) is 161 Å².